The number of amides is 2. The molecular weight excluding hydrogens is 158 g/mol. The molecule has 5 nitrogen and oxygen atoms in total. The number of carbonyl (C=O) groups excluding carboxylic acids is 2. The van der Waals surface area contributed by atoms with Gasteiger partial charge in [-0.2, -0.15) is 0 Å². The molecule has 0 unspecified atom stereocenters. The van der Waals surface area contributed by atoms with Gasteiger partial charge in [-0.15, -0.1) is 0 Å². The average Bonchev–Trinajstić information content (AvgIpc) is 2.28. The van der Waals surface area contributed by atoms with Crippen LogP contribution in [0.25, 0.3) is 0 Å². The molecule has 2 rings (SSSR count). The van der Waals surface area contributed by atoms with Gasteiger partial charge in [-0.3, -0.25) is 14.9 Å². The first-order valence-electron chi connectivity index (χ1n) is 3.29. The number of nitrogens with two attached hydrogens (primary N) is 1. The number of nitrogen functional groups attached to an aromatic ring is 1. The highest BCUT2D eigenvalue weighted by Gasteiger charge is 2.26. The van der Waals surface area contributed by atoms with E-state index in [1.54, 1.807) is 0 Å². The highest BCUT2D eigenvalue weighted by molar-refractivity contribution is 6.21. The minimum absolute atomic E-state index is 0.235. The number of nitrogens with one attached hydrogen (secondary N) is 1. The molecule has 12 heavy (non-hydrogen) atoms. The Hall–Kier alpha value is -1.91. The quantitative estimate of drug-likeness (QED) is 0.507. The van der Waals surface area contributed by atoms with Gasteiger partial charge in [0.1, 0.15) is 5.82 Å². The van der Waals surface area contributed by atoms with E-state index in [9.17, 15) is 9.59 Å². The van der Waals surface area contributed by atoms with Crippen LogP contribution in [0.15, 0.2) is 12.3 Å². The van der Waals surface area contributed by atoms with Gasteiger partial charge >= 0.3 is 0 Å². The Morgan fingerprint density at radius 1 is 1.25 bits per heavy atom. The first-order valence-corrected chi connectivity index (χ1v) is 3.29. The van der Waals surface area contributed by atoms with Crippen molar-refractivity contribution in [2.45, 2.75) is 0 Å². The number of fused-ring (bicyclic) bond motifs is 1. The molecule has 1 aromatic heterocycles. The number of imide groups is 1. The number of hydrogen-bond donors (Lipinski definition) is 2. The van der Waals surface area contributed by atoms with Crippen LogP contribution in [0.4, 0.5) is 5.82 Å². The van der Waals surface area contributed by atoms with Crippen molar-refractivity contribution < 1.29 is 9.59 Å². The topological polar surface area (TPSA) is 85.1 Å². The Bertz CT molecular complexity index is 386. The van der Waals surface area contributed by atoms with Gasteiger partial charge in [0.15, 0.2) is 0 Å². The molecule has 0 saturated carbocycles. The van der Waals surface area contributed by atoms with Crippen molar-refractivity contribution >= 4 is 17.6 Å². The fraction of sp³-hybridized carbons (Fsp3) is 0. The van der Waals surface area contributed by atoms with Gasteiger partial charge in [0, 0.05) is 6.20 Å². The molecule has 0 radical (unpaired) electrons. The lowest BCUT2D eigenvalue weighted by atomic mass is 10.2. The molecule has 0 saturated heterocycles. The Morgan fingerprint density at radius 2 is 1.92 bits per heavy atom. The molecule has 1 aromatic rings. The van der Waals surface area contributed by atoms with Crippen molar-refractivity contribution in [3.8, 4) is 0 Å². The van der Waals surface area contributed by atoms with Gasteiger partial charge in [0.05, 0.1) is 11.1 Å². The summed E-state index contributed by atoms with van der Waals surface area (Å²) in [6.45, 7) is 0. The molecule has 0 fully saturated rings. The third-order valence-electron chi connectivity index (χ3n) is 1.64. The number of pyridine rings is 1. The molecule has 5 heteroatoms. The van der Waals surface area contributed by atoms with E-state index in [1.807, 2.05) is 0 Å². The predicted molar refractivity (Wildman–Crippen MR) is 40.4 cm³/mol. The molecule has 0 aromatic carbocycles. The van der Waals surface area contributed by atoms with Gasteiger partial charge in [-0.05, 0) is 6.07 Å². The van der Waals surface area contributed by atoms with Crippen LogP contribution in [0.3, 0.4) is 0 Å². The highest BCUT2D eigenvalue weighted by atomic mass is 16.2. The van der Waals surface area contributed by atoms with Crippen LogP contribution in [0.1, 0.15) is 20.7 Å². The van der Waals surface area contributed by atoms with Crippen molar-refractivity contribution in [1.82, 2.24) is 10.3 Å². The molecule has 1 aliphatic heterocycles. The lowest BCUT2D eigenvalue weighted by Gasteiger charge is -1.93. The number of nitrogens with zero attached hydrogens (tertiary/aromatic N) is 1. The smallest absolute Gasteiger partial charge is 0.260 e. The highest BCUT2D eigenvalue weighted by Crippen LogP contribution is 2.15. The second-order valence-corrected chi connectivity index (χ2v) is 2.44. The fourth-order valence-electron chi connectivity index (χ4n) is 1.08. The third-order valence-corrected chi connectivity index (χ3v) is 1.64. The first-order chi connectivity index (χ1) is 5.68. The van der Waals surface area contributed by atoms with Gasteiger partial charge in [0.2, 0.25) is 0 Å². The summed E-state index contributed by atoms with van der Waals surface area (Å²) in [5.41, 5.74) is 5.92. The summed E-state index contributed by atoms with van der Waals surface area (Å²) in [5, 5.41) is 2.14. The molecule has 0 atom stereocenters. The maximum atomic E-state index is 11.0. The molecule has 2 amide bonds. The number of carbonyl (C=O) groups is 2. The van der Waals surface area contributed by atoms with E-state index in [4.69, 9.17) is 5.73 Å². The Balaban J connectivity index is 2.68. The SMILES string of the molecule is Nc1cc2c(cn1)C(=O)NC2=O. The molecular formula is C7H5N3O2. The van der Waals surface area contributed by atoms with Gasteiger partial charge < -0.3 is 5.73 Å². The fourth-order valence-corrected chi connectivity index (χ4v) is 1.08. The second-order valence-electron chi connectivity index (χ2n) is 2.44. The summed E-state index contributed by atoms with van der Waals surface area (Å²) < 4.78 is 0. The summed E-state index contributed by atoms with van der Waals surface area (Å²) in [7, 11) is 0. The van der Waals surface area contributed by atoms with Crippen LogP contribution < -0.4 is 11.1 Å². The summed E-state index contributed by atoms with van der Waals surface area (Å²) in [4.78, 5) is 25.7. The van der Waals surface area contributed by atoms with E-state index < -0.39 is 11.8 Å². The Kier molecular flexibility index (Phi) is 1.15. The maximum absolute atomic E-state index is 11.0. The van der Waals surface area contributed by atoms with E-state index >= 15 is 0 Å². The minimum Gasteiger partial charge on any atom is -0.384 e. The molecule has 0 aliphatic carbocycles. The lowest BCUT2D eigenvalue weighted by molar-refractivity contribution is 0.0879. The van der Waals surface area contributed by atoms with Crippen LogP contribution in [-0.2, 0) is 0 Å². The number of anilines is 1. The molecule has 0 bridgehead atoms. The van der Waals surface area contributed by atoms with Crippen molar-refractivity contribution in [3.05, 3.63) is 23.4 Å². The first kappa shape index (κ1) is 6.78. The Labute approximate surface area is 67.6 Å². The van der Waals surface area contributed by atoms with E-state index in [2.05, 4.69) is 10.3 Å². The van der Waals surface area contributed by atoms with Crippen LogP contribution in [-0.4, -0.2) is 16.8 Å². The van der Waals surface area contributed by atoms with E-state index in [1.165, 1.54) is 12.3 Å². The van der Waals surface area contributed by atoms with Gasteiger partial charge in [-0.25, -0.2) is 4.98 Å². The van der Waals surface area contributed by atoms with Crippen molar-refractivity contribution in [1.29, 1.82) is 0 Å². The van der Waals surface area contributed by atoms with Crippen LogP contribution in [0.2, 0.25) is 0 Å². The molecule has 60 valence electrons. The third kappa shape index (κ3) is 0.763. The van der Waals surface area contributed by atoms with Crippen LogP contribution in [0, 0.1) is 0 Å². The van der Waals surface area contributed by atoms with E-state index in [0.717, 1.165) is 0 Å². The van der Waals surface area contributed by atoms with Gasteiger partial charge in [-0.1, -0.05) is 0 Å². The lowest BCUT2D eigenvalue weighted by Crippen LogP contribution is -2.19. The summed E-state index contributed by atoms with van der Waals surface area (Å²) in [5.74, 6) is -0.592. The van der Waals surface area contributed by atoms with Crippen molar-refractivity contribution in [3.63, 3.8) is 0 Å². The zero-order valence-corrected chi connectivity index (χ0v) is 6.00. The molecule has 0 spiro atoms. The van der Waals surface area contributed by atoms with Crippen LogP contribution in [0.5, 0.6) is 0 Å². The standard InChI is InChI=1S/C7H5N3O2/c8-5-1-3-4(2-9-5)7(12)10-6(3)11/h1-2H,(H2,8,9)(H,10,11,12). The zero-order valence-electron chi connectivity index (χ0n) is 6.00. The molecule has 3 N–H and O–H groups in total. The van der Waals surface area contributed by atoms with E-state index in [0.29, 0.717) is 5.56 Å². The monoisotopic (exact) mass is 163 g/mol. The minimum atomic E-state index is -0.414. The van der Waals surface area contributed by atoms with Gasteiger partial charge in [0.25, 0.3) is 11.8 Å². The maximum Gasteiger partial charge on any atom is 0.260 e. The summed E-state index contributed by atoms with van der Waals surface area (Å²) >= 11 is 0. The van der Waals surface area contributed by atoms with E-state index in [-0.39, 0.29) is 11.4 Å². The van der Waals surface area contributed by atoms with Crippen LogP contribution >= 0.6 is 0 Å². The number of rotatable bonds is 0. The summed E-state index contributed by atoms with van der Waals surface area (Å²) in [6, 6.07) is 1.38. The zero-order chi connectivity index (χ0) is 8.72. The second kappa shape index (κ2) is 2.04. The average molecular weight is 163 g/mol. The number of hydrogen-bond acceptors (Lipinski definition) is 4. The largest absolute Gasteiger partial charge is 0.384 e. The number of aromatic nitrogens is 1. The van der Waals surface area contributed by atoms with Crippen molar-refractivity contribution in [2.24, 2.45) is 0 Å². The Morgan fingerprint density at radius 3 is 2.67 bits per heavy atom. The predicted octanol–water partition coefficient (Wildman–Crippen LogP) is -0.453. The summed E-state index contributed by atoms with van der Waals surface area (Å²) in [6.07, 6.45) is 1.30. The normalized spacial score (nSPS) is 14.3. The molecule has 2 heterocycles. The molecule has 1 aliphatic rings. The van der Waals surface area contributed by atoms with Crippen molar-refractivity contribution in [2.75, 3.05) is 5.73 Å².